The van der Waals surface area contributed by atoms with Gasteiger partial charge in [-0.3, -0.25) is 20.3 Å². The van der Waals surface area contributed by atoms with E-state index >= 15 is 0 Å². The highest BCUT2D eigenvalue weighted by Gasteiger charge is 2.55. The molecule has 6 aliphatic rings. The lowest BCUT2D eigenvalue weighted by Crippen LogP contribution is -2.49. The molecule has 4 bridgehead atoms. The molecule has 1 amide bonds. The van der Waals surface area contributed by atoms with Gasteiger partial charge in [0, 0.05) is 17.5 Å². The summed E-state index contributed by atoms with van der Waals surface area (Å²) in [4.78, 5) is 27.5. The molecule has 0 saturated heterocycles. The Morgan fingerprint density at radius 1 is 1.19 bits per heavy atom. The van der Waals surface area contributed by atoms with Crippen LogP contribution in [0.5, 0.6) is 0 Å². The van der Waals surface area contributed by atoms with E-state index in [0.717, 1.165) is 42.1 Å². The van der Waals surface area contributed by atoms with Crippen molar-refractivity contribution >= 4 is 45.5 Å². The van der Waals surface area contributed by atoms with E-state index in [1.807, 2.05) is 0 Å². The second kappa shape index (κ2) is 6.59. The Hall–Kier alpha value is -2.81. The van der Waals surface area contributed by atoms with Crippen LogP contribution < -0.4 is 0 Å². The molecular weight excluding hydrogens is 414 g/mol. The highest BCUT2D eigenvalue weighted by atomic mass is 32.2. The number of hydrazone groups is 1. The summed E-state index contributed by atoms with van der Waals surface area (Å²) in [5.74, 6) is 1.81. The predicted molar refractivity (Wildman–Crippen MR) is 119 cm³/mol. The number of amides is 1. The van der Waals surface area contributed by atoms with Crippen molar-refractivity contribution in [3.63, 3.8) is 0 Å². The molecule has 8 nitrogen and oxygen atoms in total. The highest BCUT2D eigenvalue weighted by molar-refractivity contribution is 8.27. The average molecular weight is 436 g/mol. The van der Waals surface area contributed by atoms with Crippen LogP contribution in [0.15, 0.2) is 39.9 Å². The number of aliphatic imine (C=N–C) groups is 1. The number of benzene rings is 1. The lowest BCUT2D eigenvalue weighted by atomic mass is 9.50. The molecule has 7 rings (SSSR count). The number of hydrogen-bond acceptors (Lipinski definition) is 6. The molecule has 2 heterocycles. The van der Waals surface area contributed by atoms with Gasteiger partial charge in [-0.2, -0.15) is 15.1 Å². The number of nitrogens with one attached hydrogen (secondary N) is 1. The SMILES string of the molecule is N=C1/C(=C/c2cccc([N+](=O)[O-])c2)C(=O)N=C2SC(C34CC5CC(CC(C5)C3)C4)=NN12. The molecule has 31 heavy (non-hydrogen) atoms. The van der Waals surface area contributed by atoms with Crippen LogP contribution in [-0.4, -0.2) is 31.9 Å². The van der Waals surface area contributed by atoms with Crippen molar-refractivity contribution in [2.45, 2.75) is 38.5 Å². The summed E-state index contributed by atoms with van der Waals surface area (Å²) in [5.41, 5.74) is 0.595. The van der Waals surface area contributed by atoms with E-state index in [1.54, 1.807) is 12.1 Å². The molecule has 4 aliphatic carbocycles. The van der Waals surface area contributed by atoms with Gasteiger partial charge in [0.15, 0.2) is 5.84 Å². The maximum atomic E-state index is 12.7. The van der Waals surface area contributed by atoms with Crippen LogP contribution >= 0.6 is 11.8 Å². The summed E-state index contributed by atoms with van der Waals surface area (Å²) >= 11 is 1.45. The van der Waals surface area contributed by atoms with E-state index in [1.165, 1.54) is 54.2 Å². The van der Waals surface area contributed by atoms with Crippen LogP contribution in [-0.2, 0) is 4.79 Å². The van der Waals surface area contributed by atoms with Gasteiger partial charge in [0.1, 0.15) is 5.04 Å². The third kappa shape index (κ3) is 2.97. The fourth-order valence-corrected chi connectivity index (χ4v) is 7.58. The number of nitro groups is 1. The standard InChI is InChI=1S/C22H21N5O3S/c23-18-17(8-12-2-1-3-16(7-12)27(29)30)19(28)24-21-26(18)25-20(31-21)22-9-13-4-14(10-22)6-15(5-13)11-22/h1-3,7-8,13-15,23H,4-6,9-11H2/b17-8-,23-18?. The molecule has 0 unspecified atom stereocenters. The van der Waals surface area contributed by atoms with Crippen molar-refractivity contribution in [2.75, 3.05) is 0 Å². The van der Waals surface area contributed by atoms with Gasteiger partial charge in [0.05, 0.1) is 10.5 Å². The minimum Gasteiger partial charge on any atom is -0.282 e. The van der Waals surface area contributed by atoms with Gasteiger partial charge < -0.3 is 0 Å². The minimum absolute atomic E-state index is 0.0197. The number of nitro benzene ring substituents is 1. The number of carbonyl (C=O) groups is 1. The molecular formula is C22H21N5O3S. The molecule has 2 aliphatic heterocycles. The van der Waals surface area contributed by atoms with E-state index in [0.29, 0.717) is 10.7 Å². The number of fused-ring (bicyclic) bond motifs is 1. The zero-order valence-corrected chi connectivity index (χ0v) is 17.6. The summed E-state index contributed by atoms with van der Waals surface area (Å²) < 4.78 is 0. The summed E-state index contributed by atoms with van der Waals surface area (Å²) in [7, 11) is 0. The predicted octanol–water partition coefficient (Wildman–Crippen LogP) is 4.43. The monoisotopic (exact) mass is 435 g/mol. The zero-order chi connectivity index (χ0) is 21.3. The van der Waals surface area contributed by atoms with Gasteiger partial charge in [-0.05, 0) is 79.7 Å². The Kier molecular flexibility index (Phi) is 4.02. The Bertz CT molecular complexity index is 1100. The molecule has 1 N–H and O–H groups in total. The third-order valence-corrected chi connectivity index (χ3v) is 8.49. The molecule has 4 saturated carbocycles. The van der Waals surface area contributed by atoms with E-state index in [9.17, 15) is 14.9 Å². The van der Waals surface area contributed by atoms with E-state index in [-0.39, 0.29) is 22.5 Å². The van der Waals surface area contributed by atoms with Crippen LogP contribution in [0.1, 0.15) is 44.1 Å². The molecule has 0 radical (unpaired) electrons. The normalized spacial score (nSPS) is 34.8. The maximum absolute atomic E-state index is 12.7. The first-order chi connectivity index (χ1) is 14.9. The first-order valence-electron chi connectivity index (χ1n) is 10.7. The van der Waals surface area contributed by atoms with Crippen LogP contribution in [0.4, 0.5) is 5.69 Å². The summed E-state index contributed by atoms with van der Waals surface area (Å²) in [6, 6.07) is 6.01. The number of amidine groups is 2. The smallest absolute Gasteiger partial charge is 0.282 e. The van der Waals surface area contributed by atoms with Gasteiger partial charge in [-0.15, -0.1) is 0 Å². The Balaban J connectivity index is 1.32. The van der Waals surface area contributed by atoms with Crippen LogP contribution in [0, 0.1) is 38.7 Å². The van der Waals surface area contributed by atoms with Crippen molar-refractivity contribution in [1.29, 1.82) is 5.41 Å². The second-order valence-electron chi connectivity index (χ2n) is 9.48. The first-order valence-corrected chi connectivity index (χ1v) is 11.5. The molecule has 4 fully saturated rings. The number of non-ortho nitro benzene ring substituents is 1. The fraction of sp³-hybridized carbons (Fsp3) is 0.455. The maximum Gasteiger partial charge on any atom is 0.283 e. The fourth-order valence-electron chi connectivity index (χ4n) is 6.47. The van der Waals surface area contributed by atoms with E-state index in [4.69, 9.17) is 10.5 Å². The van der Waals surface area contributed by atoms with E-state index < -0.39 is 10.8 Å². The van der Waals surface area contributed by atoms with Crippen LogP contribution in [0.3, 0.4) is 0 Å². The van der Waals surface area contributed by atoms with Crippen molar-refractivity contribution in [1.82, 2.24) is 5.01 Å². The Morgan fingerprint density at radius 3 is 2.52 bits per heavy atom. The largest absolute Gasteiger partial charge is 0.283 e. The van der Waals surface area contributed by atoms with Crippen LogP contribution in [0.2, 0.25) is 0 Å². The third-order valence-electron chi connectivity index (χ3n) is 7.34. The van der Waals surface area contributed by atoms with Crippen LogP contribution in [0.25, 0.3) is 6.08 Å². The highest BCUT2D eigenvalue weighted by Crippen LogP contribution is 2.62. The number of rotatable bonds is 3. The summed E-state index contributed by atoms with van der Waals surface area (Å²) in [6.07, 6.45) is 8.97. The minimum atomic E-state index is -0.503. The quantitative estimate of drug-likeness (QED) is 0.429. The molecule has 1 aromatic carbocycles. The Labute approximate surface area is 183 Å². The first kappa shape index (κ1) is 18.9. The van der Waals surface area contributed by atoms with Gasteiger partial charge in [0.25, 0.3) is 11.6 Å². The zero-order valence-electron chi connectivity index (χ0n) is 16.8. The van der Waals surface area contributed by atoms with Crippen molar-refractivity contribution in [3.05, 3.63) is 45.5 Å². The Morgan fingerprint density at radius 2 is 1.87 bits per heavy atom. The molecule has 0 aromatic heterocycles. The van der Waals surface area contributed by atoms with Gasteiger partial charge in [-0.1, -0.05) is 12.1 Å². The van der Waals surface area contributed by atoms with E-state index in [2.05, 4.69) is 4.99 Å². The number of hydrogen-bond donors (Lipinski definition) is 1. The lowest BCUT2D eigenvalue weighted by molar-refractivity contribution is -0.384. The topological polar surface area (TPSA) is 112 Å². The molecule has 1 aromatic rings. The number of thioether (sulfide) groups is 1. The van der Waals surface area contributed by atoms with Gasteiger partial charge in [-0.25, -0.2) is 0 Å². The van der Waals surface area contributed by atoms with Crippen molar-refractivity contribution in [3.8, 4) is 0 Å². The number of nitrogens with zero attached hydrogens (tertiary/aromatic N) is 4. The van der Waals surface area contributed by atoms with Gasteiger partial charge in [0.2, 0.25) is 5.17 Å². The molecule has 9 heteroatoms. The lowest BCUT2D eigenvalue weighted by Gasteiger charge is -2.56. The molecule has 158 valence electrons. The summed E-state index contributed by atoms with van der Waals surface area (Å²) in [5, 5.41) is 27.4. The average Bonchev–Trinajstić information content (AvgIpc) is 3.15. The number of carbonyl (C=O) groups excluding carboxylic acids is 1. The molecule has 0 spiro atoms. The van der Waals surface area contributed by atoms with Crippen molar-refractivity contribution in [2.24, 2.45) is 33.3 Å². The molecule has 0 atom stereocenters. The summed E-state index contributed by atoms with van der Waals surface area (Å²) in [6.45, 7) is 0. The van der Waals surface area contributed by atoms with Crippen molar-refractivity contribution < 1.29 is 9.72 Å². The van der Waals surface area contributed by atoms with Gasteiger partial charge >= 0.3 is 0 Å². The second-order valence-corrected chi connectivity index (χ2v) is 10.4.